The fourth-order valence-electron chi connectivity index (χ4n) is 4.17. The summed E-state index contributed by atoms with van der Waals surface area (Å²) in [5, 5.41) is 17.4. The van der Waals surface area contributed by atoms with Gasteiger partial charge in [-0.1, -0.05) is 19.8 Å². The van der Waals surface area contributed by atoms with E-state index in [2.05, 4.69) is 17.3 Å². The van der Waals surface area contributed by atoms with Crippen molar-refractivity contribution in [1.29, 1.82) is 0 Å². The molecule has 3 rings (SSSR count). The number of aliphatic hydroxyl groups is 1. The van der Waals surface area contributed by atoms with E-state index in [1.54, 1.807) is 0 Å². The Labute approximate surface area is 127 Å². The molecule has 1 saturated carbocycles. The number of fused-ring (bicyclic) bond motifs is 1. The first-order chi connectivity index (χ1) is 10.3. The third-order valence-electron chi connectivity index (χ3n) is 5.27. The van der Waals surface area contributed by atoms with Gasteiger partial charge in [0, 0.05) is 17.3 Å². The van der Waals surface area contributed by atoms with Crippen LogP contribution in [0.5, 0.6) is 0 Å². The summed E-state index contributed by atoms with van der Waals surface area (Å²) in [7, 11) is 0. The molecule has 0 aromatic carbocycles. The molecule has 21 heavy (non-hydrogen) atoms. The van der Waals surface area contributed by atoms with Crippen LogP contribution in [-0.2, 0) is 13.0 Å². The second kappa shape index (κ2) is 6.93. The average Bonchev–Trinajstić information content (AvgIpc) is 2.90. The largest absolute Gasteiger partial charge is 0.394 e. The molecule has 3 atom stereocenters. The number of aromatic nitrogens is 2. The first kappa shape index (κ1) is 15.0. The van der Waals surface area contributed by atoms with E-state index in [1.165, 1.54) is 49.8 Å². The Kier molecular flexibility index (Phi) is 4.96. The molecule has 0 amide bonds. The number of nitrogens with zero attached hydrogens (tertiary/aromatic N) is 2. The molecule has 118 valence electrons. The molecule has 0 bridgehead atoms. The predicted molar refractivity (Wildman–Crippen MR) is 84.1 cm³/mol. The number of rotatable bonds is 5. The van der Waals surface area contributed by atoms with Gasteiger partial charge in [0.15, 0.2) is 0 Å². The van der Waals surface area contributed by atoms with Crippen molar-refractivity contribution < 1.29 is 5.11 Å². The predicted octanol–water partition coefficient (Wildman–Crippen LogP) is 2.67. The topological polar surface area (TPSA) is 50.1 Å². The molecule has 2 N–H and O–H groups in total. The summed E-state index contributed by atoms with van der Waals surface area (Å²) in [6.45, 7) is 4.35. The molecule has 0 aliphatic heterocycles. The van der Waals surface area contributed by atoms with E-state index in [4.69, 9.17) is 5.11 Å². The molecule has 1 aromatic heterocycles. The Morgan fingerprint density at radius 1 is 1.33 bits per heavy atom. The quantitative estimate of drug-likeness (QED) is 0.877. The van der Waals surface area contributed by atoms with Gasteiger partial charge < -0.3 is 10.4 Å². The SMILES string of the molecule is CC1CCCC(CNC2CCCc3c2cnn3CCO)C1. The molecule has 1 heterocycles. The van der Waals surface area contributed by atoms with Crippen molar-refractivity contribution in [2.45, 2.75) is 64.5 Å². The molecule has 0 spiro atoms. The van der Waals surface area contributed by atoms with Crippen LogP contribution in [0.3, 0.4) is 0 Å². The van der Waals surface area contributed by atoms with Crippen LogP contribution in [0.2, 0.25) is 0 Å². The van der Waals surface area contributed by atoms with Crippen LogP contribution in [0, 0.1) is 11.8 Å². The highest BCUT2D eigenvalue weighted by Gasteiger charge is 2.25. The van der Waals surface area contributed by atoms with Crippen molar-refractivity contribution in [2.75, 3.05) is 13.2 Å². The first-order valence-corrected chi connectivity index (χ1v) is 8.66. The van der Waals surface area contributed by atoms with Crippen molar-refractivity contribution in [3.05, 3.63) is 17.5 Å². The molecule has 2 aliphatic carbocycles. The first-order valence-electron chi connectivity index (χ1n) is 8.66. The minimum absolute atomic E-state index is 0.173. The van der Waals surface area contributed by atoms with Gasteiger partial charge in [-0.25, -0.2) is 0 Å². The maximum Gasteiger partial charge on any atom is 0.0644 e. The maximum absolute atomic E-state index is 9.13. The summed E-state index contributed by atoms with van der Waals surface area (Å²) in [5.41, 5.74) is 2.71. The van der Waals surface area contributed by atoms with Crippen molar-refractivity contribution in [2.24, 2.45) is 11.8 Å². The molecular formula is C17H29N3O. The zero-order valence-electron chi connectivity index (χ0n) is 13.2. The van der Waals surface area contributed by atoms with Gasteiger partial charge in [0.25, 0.3) is 0 Å². The normalized spacial score (nSPS) is 29.3. The van der Waals surface area contributed by atoms with Crippen molar-refractivity contribution in [3.63, 3.8) is 0 Å². The molecule has 0 radical (unpaired) electrons. The Hall–Kier alpha value is -0.870. The number of hydrogen-bond acceptors (Lipinski definition) is 3. The van der Waals surface area contributed by atoms with E-state index in [-0.39, 0.29) is 6.61 Å². The third-order valence-corrected chi connectivity index (χ3v) is 5.27. The van der Waals surface area contributed by atoms with Crippen LogP contribution in [0.1, 0.15) is 62.7 Å². The Morgan fingerprint density at radius 2 is 2.24 bits per heavy atom. The lowest BCUT2D eigenvalue weighted by Gasteiger charge is -2.30. The minimum Gasteiger partial charge on any atom is -0.394 e. The van der Waals surface area contributed by atoms with E-state index in [0.29, 0.717) is 12.6 Å². The Bertz CT molecular complexity index is 457. The van der Waals surface area contributed by atoms with Crippen molar-refractivity contribution >= 4 is 0 Å². The van der Waals surface area contributed by atoms with Crippen LogP contribution in [0.4, 0.5) is 0 Å². The van der Waals surface area contributed by atoms with Gasteiger partial charge in [-0.3, -0.25) is 4.68 Å². The second-order valence-corrected chi connectivity index (χ2v) is 6.98. The van der Waals surface area contributed by atoms with Crippen molar-refractivity contribution in [3.8, 4) is 0 Å². The molecule has 3 unspecified atom stereocenters. The number of hydrogen-bond donors (Lipinski definition) is 2. The van der Waals surface area contributed by atoms with E-state index in [9.17, 15) is 0 Å². The molecule has 1 aromatic rings. The van der Waals surface area contributed by atoms with Gasteiger partial charge in [0.1, 0.15) is 0 Å². The summed E-state index contributed by atoms with van der Waals surface area (Å²) >= 11 is 0. The van der Waals surface area contributed by atoms with Crippen LogP contribution in [0.15, 0.2) is 6.20 Å². The van der Waals surface area contributed by atoms with Gasteiger partial charge in [0.05, 0.1) is 19.3 Å². The summed E-state index contributed by atoms with van der Waals surface area (Å²) in [4.78, 5) is 0. The van der Waals surface area contributed by atoms with E-state index < -0.39 is 0 Å². The summed E-state index contributed by atoms with van der Waals surface area (Å²) < 4.78 is 1.99. The van der Waals surface area contributed by atoms with Gasteiger partial charge in [0.2, 0.25) is 0 Å². The van der Waals surface area contributed by atoms with Gasteiger partial charge in [-0.05, 0) is 50.5 Å². The van der Waals surface area contributed by atoms with E-state index in [1.807, 2.05) is 10.9 Å². The van der Waals surface area contributed by atoms with Gasteiger partial charge in [-0.2, -0.15) is 5.10 Å². The second-order valence-electron chi connectivity index (χ2n) is 6.98. The van der Waals surface area contributed by atoms with Crippen LogP contribution in [-0.4, -0.2) is 28.0 Å². The Balaban J connectivity index is 1.60. The number of nitrogens with one attached hydrogen (secondary N) is 1. The molecule has 1 fully saturated rings. The fraction of sp³-hybridized carbons (Fsp3) is 0.824. The highest BCUT2D eigenvalue weighted by Crippen LogP contribution is 2.32. The summed E-state index contributed by atoms with van der Waals surface area (Å²) in [6.07, 6.45) is 11.2. The number of aliphatic hydroxyl groups excluding tert-OH is 1. The minimum atomic E-state index is 0.173. The van der Waals surface area contributed by atoms with Crippen LogP contribution in [0.25, 0.3) is 0 Å². The zero-order valence-corrected chi connectivity index (χ0v) is 13.2. The molecular weight excluding hydrogens is 262 g/mol. The average molecular weight is 291 g/mol. The molecule has 0 saturated heterocycles. The summed E-state index contributed by atoms with van der Waals surface area (Å²) in [6, 6.07) is 0.471. The molecule has 2 aliphatic rings. The maximum atomic E-state index is 9.13. The fourth-order valence-corrected chi connectivity index (χ4v) is 4.17. The zero-order chi connectivity index (χ0) is 14.7. The standard InChI is InChI=1S/C17H29N3O/c1-13-4-2-5-14(10-13)11-18-16-6-3-7-17-15(16)12-19-20(17)8-9-21/h12-14,16,18,21H,2-11H2,1H3. The van der Waals surface area contributed by atoms with E-state index in [0.717, 1.165) is 24.8 Å². The summed E-state index contributed by atoms with van der Waals surface area (Å²) in [5.74, 6) is 1.76. The van der Waals surface area contributed by atoms with E-state index >= 15 is 0 Å². The smallest absolute Gasteiger partial charge is 0.0644 e. The van der Waals surface area contributed by atoms with Crippen molar-refractivity contribution in [1.82, 2.24) is 15.1 Å². The highest BCUT2D eigenvalue weighted by atomic mass is 16.3. The highest BCUT2D eigenvalue weighted by molar-refractivity contribution is 5.25. The lowest BCUT2D eigenvalue weighted by atomic mass is 9.82. The van der Waals surface area contributed by atoms with Crippen LogP contribution < -0.4 is 5.32 Å². The monoisotopic (exact) mass is 291 g/mol. The van der Waals surface area contributed by atoms with Gasteiger partial charge >= 0.3 is 0 Å². The molecule has 4 nitrogen and oxygen atoms in total. The molecule has 4 heteroatoms. The third kappa shape index (κ3) is 3.49. The lowest BCUT2D eigenvalue weighted by Crippen LogP contribution is -2.31. The Morgan fingerprint density at radius 3 is 3.05 bits per heavy atom. The van der Waals surface area contributed by atoms with Gasteiger partial charge in [-0.15, -0.1) is 0 Å². The lowest BCUT2D eigenvalue weighted by molar-refractivity contribution is 0.260. The van der Waals surface area contributed by atoms with Crippen LogP contribution >= 0.6 is 0 Å².